The van der Waals surface area contributed by atoms with Crippen LogP contribution in [0.1, 0.15) is 44.7 Å². The molecular formula is C27H23ClF3N3O2. The number of rotatable bonds is 6. The molecule has 1 N–H and O–H groups in total. The van der Waals surface area contributed by atoms with Gasteiger partial charge >= 0.3 is 6.18 Å². The summed E-state index contributed by atoms with van der Waals surface area (Å²) in [6.45, 7) is 2.03. The normalized spacial score (nSPS) is 16.1. The fourth-order valence-electron chi connectivity index (χ4n) is 4.57. The van der Waals surface area contributed by atoms with Crippen molar-refractivity contribution in [1.82, 2.24) is 14.8 Å². The second-order valence-electron chi connectivity index (χ2n) is 8.70. The topological polar surface area (TPSA) is 50.4 Å². The van der Waals surface area contributed by atoms with Crippen LogP contribution in [0.4, 0.5) is 13.2 Å². The molecule has 0 aliphatic carbocycles. The van der Waals surface area contributed by atoms with E-state index in [9.17, 15) is 18.0 Å². The van der Waals surface area contributed by atoms with Gasteiger partial charge in [0.1, 0.15) is 5.76 Å². The molecule has 1 atom stereocenters. The van der Waals surface area contributed by atoms with E-state index < -0.39 is 17.6 Å². The van der Waals surface area contributed by atoms with Crippen molar-refractivity contribution >= 4 is 17.5 Å². The van der Waals surface area contributed by atoms with Crippen molar-refractivity contribution < 1.29 is 22.4 Å². The van der Waals surface area contributed by atoms with Gasteiger partial charge in [-0.3, -0.25) is 9.69 Å². The maximum atomic E-state index is 12.9. The zero-order valence-electron chi connectivity index (χ0n) is 19.1. The fraction of sp³-hybridized carbons (Fsp3) is 0.222. The van der Waals surface area contributed by atoms with E-state index in [4.69, 9.17) is 16.0 Å². The monoisotopic (exact) mass is 513 g/mol. The number of amides is 1. The van der Waals surface area contributed by atoms with E-state index in [0.29, 0.717) is 22.9 Å². The van der Waals surface area contributed by atoms with Crippen LogP contribution in [0.5, 0.6) is 0 Å². The largest absolute Gasteiger partial charge is 0.455 e. The van der Waals surface area contributed by atoms with Gasteiger partial charge in [0.2, 0.25) is 0 Å². The maximum Gasteiger partial charge on any atom is 0.416 e. The van der Waals surface area contributed by atoms with E-state index in [0.717, 1.165) is 36.5 Å². The van der Waals surface area contributed by atoms with Crippen LogP contribution in [0.3, 0.4) is 0 Å². The number of aromatic nitrogens is 1. The Morgan fingerprint density at radius 1 is 1.03 bits per heavy atom. The minimum absolute atomic E-state index is 0.0317. The second-order valence-corrected chi connectivity index (χ2v) is 9.14. The molecule has 2 aromatic carbocycles. The summed E-state index contributed by atoms with van der Waals surface area (Å²) in [6, 6.07) is 20.1. The van der Waals surface area contributed by atoms with Crippen molar-refractivity contribution in [2.45, 2.75) is 31.9 Å². The first-order valence-corrected chi connectivity index (χ1v) is 11.8. The Hall–Kier alpha value is -3.49. The number of carbonyl (C=O) groups is 1. The summed E-state index contributed by atoms with van der Waals surface area (Å²) in [4.78, 5) is 14.9. The van der Waals surface area contributed by atoms with E-state index in [1.165, 1.54) is 12.1 Å². The van der Waals surface area contributed by atoms with Gasteiger partial charge in [-0.1, -0.05) is 35.9 Å². The summed E-state index contributed by atoms with van der Waals surface area (Å²) >= 11 is 6.27. The Morgan fingerprint density at radius 2 is 1.86 bits per heavy atom. The van der Waals surface area contributed by atoms with Crippen LogP contribution in [0, 0.1) is 0 Å². The molecule has 4 aromatic rings. The second kappa shape index (κ2) is 9.87. The molecule has 3 heterocycles. The van der Waals surface area contributed by atoms with Crippen LogP contribution in [-0.4, -0.2) is 21.9 Å². The number of halogens is 4. The molecule has 5 rings (SSSR count). The first-order valence-electron chi connectivity index (χ1n) is 11.5. The number of carbonyl (C=O) groups excluding carboxylic acids is 1. The van der Waals surface area contributed by atoms with Crippen molar-refractivity contribution in [2.24, 2.45) is 0 Å². The third-order valence-electron chi connectivity index (χ3n) is 6.25. The van der Waals surface area contributed by atoms with Gasteiger partial charge in [-0.15, -0.1) is 0 Å². The summed E-state index contributed by atoms with van der Waals surface area (Å²) < 4.78 is 46.8. The van der Waals surface area contributed by atoms with Crippen LogP contribution in [-0.2, 0) is 25.8 Å². The van der Waals surface area contributed by atoms with E-state index in [2.05, 4.69) is 27.0 Å². The van der Waals surface area contributed by atoms with E-state index in [-0.39, 0.29) is 18.3 Å². The molecule has 1 amide bonds. The molecule has 1 unspecified atom stereocenters. The van der Waals surface area contributed by atoms with Crippen LogP contribution in [0.25, 0.3) is 0 Å². The molecule has 0 saturated carbocycles. The molecule has 9 heteroatoms. The highest BCUT2D eigenvalue weighted by Crippen LogP contribution is 2.35. The van der Waals surface area contributed by atoms with Gasteiger partial charge in [-0.05, 0) is 59.7 Å². The molecule has 0 saturated heterocycles. The molecule has 36 heavy (non-hydrogen) atoms. The summed E-state index contributed by atoms with van der Waals surface area (Å²) in [5.74, 6) is 0.237. The SMILES string of the molecule is O=C(NCc1cccc(C(F)(F)F)c1)c1ccc(CN2CCn3cccc3C2c2cccc(Cl)c2)o1. The molecule has 0 radical (unpaired) electrons. The zero-order valence-corrected chi connectivity index (χ0v) is 19.9. The smallest absolute Gasteiger partial charge is 0.416 e. The molecule has 0 bridgehead atoms. The van der Waals surface area contributed by atoms with Crippen LogP contribution < -0.4 is 5.32 Å². The number of nitrogens with one attached hydrogen (secondary N) is 1. The van der Waals surface area contributed by atoms with Crippen molar-refractivity contribution in [3.63, 3.8) is 0 Å². The highest BCUT2D eigenvalue weighted by molar-refractivity contribution is 6.30. The van der Waals surface area contributed by atoms with E-state index >= 15 is 0 Å². The van der Waals surface area contributed by atoms with Gasteiger partial charge in [0.05, 0.1) is 18.2 Å². The van der Waals surface area contributed by atoms with Gasteiger partial charge < -0.3 is 14.3 Å². The lowest BCUT2D eigenvalue weighted by Gasteiger charge is -2.37. The van der Waals surface area contributed by atoms with Crippen LogP contribution >= 0.6 is 11.6 Å². The number of benzene rings is 2. The standard InChI is InChI=1S/C27H23ClF3N3O2/c28-21-7-2-5-19(15-21)25-23-8-3-11-33(23)12-13-34(25)17-22-9-10-24(36-22)26(35)32-16-18-4-1-6-20(14-18)27(29,30)31/h1-11,14-15,25H,12-13,16-17H2,(H,32,35). The van der Waals surface area contributed by atoms with Gasteiger partial charge in [0, 0.05) is 36.5 Å². The summed E-state index contributed by atoms with van der Waals surface area (Å²) in [5.41, 5.74) is 1.81. The van der Waals surface area contributed by atoms with E-state index in [1.54, 1.807) is 12.1 Å². The Balaban J connectivity index is 1.28. The lowest BCUT2D eigenvalue weighted by Crippen LogP contribution is -2.37. The van der Waals surface area contributed by atoms with Crippen LogP contribution in [0.15, 0.2) is 83.4 Å². The van der Waals surface area contributed by atoms with E-state index in [1.807, 2.05) is 30.3 Å². The number of fused-ring (bicyclic) bond motifs is 1. The summed E-state index contributed by atoms with van der Waals surface area (Å²) in [5, 5.41) is 3.29. The van der Waals surface area contributed by atoms with Gasteiger partial charge in [0.25, 0.3) is 5.91 Å². The highest BCUT2D eigenvalue weighted by atomic mass is 35.5. The predicted octanol–water partition coefficient (Wildman–Crippen LogP) is 6.29. The Kier molecular flexibility index (Phi) is 6.64. The van der Waals surface area contributed by atoms with Crippen molar-refractivity contribution in [3.05, 3.63) is 118 Å². The minimum Gasteiger partial charge on any atom is -0.455 e. The molecule has 1 aliphatic heterocycles. The molecule has 186 valence electrons. The third-order valence-corrected chi connectivity index (χ3v) is 6.49. The molecular weight excluding hydrogens is 491 g/mol. The first kappa shape index (κ1) is 24.2. The minimum atomic E-state index is -4.44. The Labute approximate surface area is 211 Å². The molecule has 0 fully saturated rings. The Morgan fingerprint density at radius 3 is 2.67 bits per heavy atom. The van der Waals surface area contributed by atoms with Crippen molar-refractivity contribution in [3.8, 4) is 0 Å². The number of hydrogen-bond acceptors (Lipinski definition) is 3. The predicted molar refractivity (Wildman–Crippen MR) is 129 cm³/mol. The fourth-order valence-corrected chi connectivity index (χ4v) is 4.77. The van der Waals surface area contributed by atoms with Crippen molar-refractivity contribution in [2.75, 3.05) is 6.54 Å². The average molecular weight is 514 g/mol. The van der Waals surface area contributed by atoms with Gasteiger partial charge in [-0.25, -0.2) is 0 Å². The molecule has 1 aliphatic rings. The number of nitrogens with zero attached hydrogens (tertiary/aromatic N) is 2. The quantitative estimate of drug-likeness (QED) is 0.330. The molecule has 2 aromatic heterocycles. The van der Waals surface area contributed by atoms with Crippen molar-refractivity contribution in [1.29, 1.82) is 0 Å². The lowest BCUT2D eigenvalue weighted by molar-refractivity contribution is -0.137. The maximum absolute atomic E-state index is 12.9. The van der Waals surface area contributed by atoms with Gasteiger partial charge in [0.15, 0.2) is 5.76 Å². The number of furan rings is 1. The van der Waals surface area contributed by atoms with Gasteiger partial charge in [-0.2, -0.15) is 13.2 Å². The average Bonchev–Trinajstić information content (AvgIpc) is 3.52. The number of alkyl halides is 3. The Bertz CT molecular complexity index is 1380. The zero-order chi connectivity index (χ0) is 25.3. The first-order chi connectivity index (χ1) is 17.3. The summed E-state index contributed by atoms with van der Waals surface area (Å²) in [7, 11) is 0. The lowest BCUT2D eigenvalue weighted by atomic mass is 10.00. The molecule has 5 nitrogen and oxygen atoms in total. The third kappa shape index (κ3) is 5.20. The van der Waals surface area contributed by atoms with Crippen LogP contribution in [0.2, 0.25) is 5.02 Å². The molecule has 0 spiro atoms. The summed E-state index contributed by atoms with van der Waals surface area (Å²) in [6.07, 6.45) is -2.38. The highest BCUT2D eigenvalue weighted by Gasteiger charge is 2.31. The number of hydrogen-bond donors (Lipinski definition) is 1.